The zero-order chi connectivity index (χ0) is 17.9. The second-order valence-electron chi connectivity index (χ2n) is 7.67. The average molecular weight is 320 g/mol. The second-order valence-corrected chi connectivity index (χ2v) is 7.67. The summed E-state index contributed by atoms with van der Waals surface area (Å²) in [4.78, 5) is 4.69. The lowest BCUT2D eigenvalue weighted by molar-refractivity contribution is 0.598. The van der Waals surface area contributed by atoms with Crippen molar-refractivity contribution in [2.45, 2.75) is 47.5 Å². The molecule has 0 aliphatic heterocycles. The summed E-state index contributed by atoms with van der Waals surface area (Å²) < 4.78 is 0. The van der Waals surface area contributed by atoms with Gasteiger partial charge in [-0.05, 0) is 47.2 Å². The number of nitrogens with zero attached hydrogens (tertiary/aromatic N) is 1. The van der Waals surface area contributed by atoms with Crippen molar-refractivity contribution in [2.24, 2.45) is 10.4 Å². The van der Waals surface area contributed by atoms with Crippen LogP contribution in [0.1, 0.15) is 51.7 Å². The first kappa shape index (κ1) is 18.1. The van der Waals surface area contributed by atoms with Crippen LogP contribution < -0.4 is 0 Å². The molecule has 0 aromatic heterocycles. The van der Waals surface area contributed by atoms with E-state index in [0.717, 1.165) is 17.0 Å². The highest BCUT2D eigenvalue weighted by atomic mass is 14.8. The molecule has 24 heavy (non-hydrogen) atoms. The van der Waals surface area contributed by atoms with E-state index in [9.17, 15) is 0 Å². The van der Waals surface area contributed by atoms with E-state index >= 15 is 0 Å². The molecule has 2 nitrogen and oxygen atoms in total. The number of rotatable bonds is 4. The predicted octanol–water partition coefficient (Wildman–Crippen LogP) is 6.55. The van der Waals surface area contributed by atoms with Gasteiger partial charge >= 0.3 is 0 Å². The van der Waals surface area contributed by atoms with E-state index in [1.54, 1.807) is 0 Å². The van der Waals surface area contributed by atoms with Crippen LogP contribution in [0.3, 0.4) is 0 Å². The third-order valence-electron chi connectivity index (χ3n) is 4.25. The first-order valence-electron chi connectivity index (χ1n) is 8.53. The van der Waals surface area contributed by atoms with E-state index in [0.29, 0.717) is 5.92 Å². The van der Waals surface area contributed by atoms with E-state index in [1.807, 2.05) is 0 Å². The SMILES string of the molecule is Cc1cc(-c2ccc(C(C)C)cc2)ccc1/N=C(\C=N)C(C)(C)C. The largest absolute Gasteiger partial charge is 0.307 e. The molecule has 0 radical (unpaired) electrons. The van der Waals surface area contributed by atoms with Gasteiger partial charge in [-0.1, -0.05) is 65.0 Å². The molecular weight excluding hydrogens is 292 g/mol. The summed E-state index contributed by atoms with van der Waals surface area (Å²) in [5.41, 5.74) is 6.52. The zero-order valence-corrected chi connectivity index (χ0v) is 15.6. The maximum absolute atomic E-state index is 7.61. The lowest BCUT2D eigenvalue weighted by atomic mass is 9.90. The topological polar surface area (TPSA) is 36.2 Å². The summed E-state index contributed by atoms with van der Waals surface area (Å²) in [6.07, 6.45) is 1.36. The van der Waals surface area contributed by atoms with Gasteiger partial charge in [0, 0.05) is 11.6 Å². The highest BCUT2D eigenvalue weighted by Crippen LogP contribution is 2.29. The smallest absolute Gasteiger partial charge is 0.0663 e. The highest BCUT2D eigenvalue weighted by molar-refractivity contribution is 6.32. The molecule has 1 N–H and O–H groups in total. The zero-order valence-electron chi connectivity index (χ0n) is 15.6. The van der Waals surface area contributed by atoms with Crippen LogP contribution in [-0.4, -0.2) is 11.9 Å². The molecular formula is C22H28N2. The van der Waals surface area contributed by atoms with Gasteiger partial charge in [-0.25, -0.2) is 0 Å². The number of aryl methyl sites for hydroxylation is 1. The van der Waals surface area contributed by atoms with E-state index in [1.165, 1.54) is 22.9 Å². The molecule has 2 rings (SSSR count). The van der Waals surface area contributed by atoms with Crippen molar-refractivity contribution in [1.82, 2.24) is 0 Å². The number of benzene rings is 2. The summed E-state index contributed by atoms with van der Waals surface area (Å²) >= 11 is 0. The molecule has 0 saturated heterocycles. The minimum absolute atomic E-state index is 0.125. The molecule has 0 fully saturated rings. The molecule has 0 bridgehead atoms. The van der Waals surface area contributed by atoms with Crippen molar-refractivity contribution < 1.29 is 0 Å². The molecule has 2 heteroatoms. The molecule has 0 unspecified atom stereocenters. The molecule has 2 aromatic rings. The molecule has 0 saturated carbocycles. The fourth-order valence-corrected chi connectivity index (χ4v) is 2.57. The lowest BCUT2D eigenvalue weighted by Gasteiger charge is -2.18. The van der Waals surface area contributed by atoms with Gasteiger partial charge in [0.15, 0.2) is 0 Å². The molecule has 0 spiro atoms. The molecule has 0 atom stereocenters. The van der Waals surface area contributed by atoms with E-state index in [-0.39, 0.29) is 5.41 Å². The summed E-state index contributed by atoms with van der Waals surface area (Å²) in [6, 6.07) is 15.1. The van der Waals surface area contributed by atoms with Crippen molar-refractivity contribution in [2.75, 3.05) is 0 Å². The van der Waals surface area contributed by atoms with Crippen molar-refractivity contribution in [3.05, 3.63) is 53.6 Å². The van der Waals surface area contributed by atoms with Gasteiger partial charge in [0.25, 0.3) is 0 Å². The Bertz CT molecular complexity index is 745. The summed E-state index contributed by atoms with van der Waals surface area (Å²) in [6.45, 7) is 12.7. The molecule has 0 aliphatic carbocycles. The van der Waals surface area contributed by atoms with E-state index in [4.69, 9.17) is 10.4 Å². The van der Waals surface area contributed by atoms with Crippen molar-refractivity contribution in [3.8, 4) is 11.1 Å². The second kappa shape index (κ2) is 7.12. The van der Waals surface area contributed by atoms with Crippen molar-refractivity contribution in [3.63, 3.8) is 0 Å². The van der Waals surface area contributed by atoms with Crippen LogP contribution >= 0.6 is 0 Å². The van der Waals surface area contributed by atoms with Crippen LogP contribution in [0.5, 0.6) is 0 Å². The Hall–Kier alpha value is -2.22. The van der Waals surface area contributed by atoms with Gasteiger partial charge < -0.3 is 5.41 Å². The molecule has 0 amide bonds. The minimum atomic E-state index is -0.125. The molecule has 2 aromatic carbocycles. The van der Waals surface area contributed by atoms with Gasteiger partial charge in [-0.3, -0.25) is 4.99 Å². The third kappa shape index (κ3) is 4.19. The minimum Gasteiger partial charge on any atom is -0.307 e. The van der Waals surface area contributed by atoms with Gasteiger partial charge in [-0.2, -0.15) is 0 Å². The summed E-state index contributed by atoms with van der Waals surface area (Å²) in [7, 11) is 0. The van der Waals surface area contributed by atoms with Gasteiger partial charge in [0.1, 0.15) is 0 Å². The number of nitrogens with one attached hydrogen (secondary N) is 1. The fraction of sp³-hybridized carbons (Fsp3) is 0.364. The maximum Gasteiger partial charge on any atom is 0.0663 e. The molecule has 0 heterocycles. The van der Waals surface area contributed by atoms with Crippen molar-refractivity contribution in [1.29, 1.82) is 5.41 Å². The Morgan fingerprint density at radius 3 is 2.04 bits per heavy atom. The number of hydrogen-bond donors (Lipinski definition) is 1. The Morgan fingerprint density at radius 1 is 1.00 bits per heavy atom. The molecule has 126 valence electrons. The molecule has 0 aliphatic rings. The Balaban J connectivity index is 2.36. The highest BCUT2D eigenvalue weighted by Gasteiger charge is 2.17. The first-order valence-corrected chi connectivity index (χ1v) is 8.53. The fourth-order valence-electron chi connectivity index (χ4n) is 2.57. The lowest BCUT2D eigenvalue weighted by Crippen LogP contribution is -2.21. The van der Waals surface area contributed by atoms with Gasteiger partial charge in [0.2, 0.25) is 0 Å². The summed E-state index contributed by atoms with van der Waals surface area (Å²) in [5, 5.41) is 7.61. The normalized spacial score (nSPS) is 12.5. The first-order chi connectivity index (χ1) is 11.2. The van der Waals surface area contributed by atoms with Crippen LogP contribution in [0.4, 0.5) is 5.69 Å². The Labute approximate surface area is 146 Å². The Kier molecular flexibility index (Phi) is 5.38. The van der Waals surface area contributed by atoms with Crippen LogP contribution in [0, 0.1) is 17.7 Å². The average Bonchev–Trinajstić information content (AvgIpc) is 2.52. The maximum atomic E-state index is 7.61. The number of aliphatic imine (C=N–C) groups is 1. The quantitative estimate of drug-likeness (QED) is 0.620. The van der Waals surface area contributed by atoms with Gasteiger partial charge in [0.05, 0.1) is 11.4 Å². The Morgan fingerprint density at radius 2 is 1.58 bits per heavy atom. The standard InChI is InChI=1S/C22H28N2/c1-15(2)17-7-9-18(10-8-17)19-11-12-20(16(3)13-19)24-21(14-23)22(4,5)6/h7-15,23H,1-6H3/b23-14?,24-21+. The monoisotopic (exact) mass is 320 g/mol. The number of hydrogen-bond acceptors (Lipinski definition) is 2. The third-order valence-corrected chi connectivity index (χ3v) is 4.25. The van der Waals surface area contributed by atoms with E-state index in [2.05, 4.69) is 84.0 Å². The van der Waals surface area contributed by atoms with Crippen LogP contribution in [0.15, 0.2) is 47.5 Å². The van der Waals surface area contributed by atoms with E-state index < -0.39 is 0 Å². The summed E-state index contributed by atoms with van der Waals surface area (Å²) in [5.74, 6) is 0.550. The van der Waals surface area contributed by atoms with Gasteiger partial charge in [-0.15, -0.1) is 0 Å². The van der Waals surface area contributed by atoms with Crippen LogP contribution in [-0.2, 0) is 0 Å². The van der Waals surface area contributed by atoms with Crippen molar-refractivity contribution >= 4 is 17.6 Å². The van der Waals surface area contributed by atoms with Crippen LogP contribution in [0.2, 0.25) is 0 Å². The van der Waals surface area contributed by atoms with Crippen LogP contribution in [0.25, 0.3) is 11.1 Å². The predicted molar refractivity (Wildman–Crippen MR) is 106 cm³/mol.